The van der Waals surface area contributed by atoms with E-state index in [1.54, 1.807) is 0 Å². The third-order valence-electron chi connectivity index (χ3n) is 2.83. The number of carboxylic acids is 1. The SMILES string of the molecule is Cc1cc(C)cc(CC(C)NC(=O)NCCC(=O)O)c1. The summed E-state index contributed by atoms with van der Waals surface area (Å²) in [7, 11) is 0. The Morgan fingerprint density at radius 3 is 2.35 bits per heavy atom. The van der Waals surface area contributed by atoms with Crippen molar-refractivity contribution >= 4 is 12.0 Å². The van der Waals surface area contributed by atoms with Crippen molar-refractivity contribution < 1.29 is 14.7 Å². The van der Waals surface area contributed by atoms with Gasteiger partial charge in [-0.1, -0.05) is 29.3 Å². The van der Waals surface area contributed by atoms with Crippen molar-refractivity contribution in [1.82, 2.24) is 10.6 Å². The molecule has 0 aliphatic rings. The molecule has 0 heterocycles. The lowest BCUT2D eigenvalue weighted by Crippen LogP contribution is -2.42. The van der Waals surface area contributed by atoms with Crippen molar-refractivity contribution in [2.75, 3.05) is 6.54 Å². The summed E-state index contributed by atoms with van der Waals surface area (Å²) in [6, 6.07) is 5.98. The number of nitrogens with one attached hydrogen (secondary N) is 2. The van der Waals surface area contributed by atoms with Gasteiger partial charge in [0.05, 0.1) is 6.42 Å². The first-order valence-electron chi connectivity index (χ1n) is 6.70. The molecule has 1 aromatic carbocycles. The van der Waals surface area contributed by atoms with Crippen molar-refractivity contribution in [1.29, 1.82) is 0 Å². The molecule has 5 heteroatoms. The van der Waals surface area contributed by atoms with Gasteiger partial charge in [0.2, 0.25) is 0 Å². The fraction of sp³-hybridized carbons (Fsp3) is 0.467. The number of rotatable bonds is 6. The van der Waals surface area contributed by atoms with Crippen molar-refractivity contribution in [2.45, 2.75) is 39.7 Å². The second-order valence-corrected chi connectivity index (χ2v) is 5.15. The number of benzene rings is 1. The lowest BCUT2D eigenvalue weighted by atomic mass is 10.0. The minimum Gasteiger partial charge on any atom is -0.481 e. The van der Waals surface area contributed by atoms with E-state index in [2.05, 4.69) is 28.8 Å². The number of carbonyl (C=O) groups is 2. The van der Waals surface area contributed by atoms with E-state index in [9.17, 15) is 9.59 Å². The van der Waals surface area contributed by atoms with Crippen LogP contribution in [0.4, 0.5) is 4.79 Å². The number of hydrogen-bond acceptors (Lipinski definition) is 2. The van der Waals surface area contributed by atoms with Gasteiger partial charge in [0.15, 0.2) is 0 Å². The first-order chi connectivity index (χ1) is 9.36. The molecule has 110 valence electrons. The zero-order valence-electron chi connectivity index (χ0n) is 12.2. The summed E-state index contributed by atoms with van der Waals surface area (Å²) in [5.41, 5.74) is 3.59. The van der Waals surface area contributed by atoms with Crippen molar-refractivity contribution in [3.63, 3.8) is 0 Å². The van der Waals surface area contributed by atoms with Crippen LogP contribution in [0.5, 0.6) is 0 Å². The summed E-state index contributed by atoms with van der Waals surface area (Å²) in [4.78, 5) is 21.9. The number of carboxylic acid groups (broad SMARTS) is 1. The fourth-order valence-electron chi connectivity index (χ4n) is 2.15. The van der Waals surface area contributed by atoms with Gasteiger partial charge in [-0.15, -0.1) is 0 Å². The van der Waals surface area contributed by atoms with Crippen LogP contribution in [0.3, 0.4) is 0 Å². The van der Waals surface area contributed by atoms with E-state index in [-0.39, 0.29) is 25.0 Å². The number of aliphatic carboxylic acids is 1. The Morgan fingerprint density at radius 2 is 1.80 bits per heavy atom. The molecule has 0 aliphatic heterocycles. The van der Waals surface area contributed by atoms with Gasteiger partial charge >= 0.3 is 12.0 Å². The van der Waals surface area contributed by atoms with E-state index < -0.39 is 5.97 Å². The Balaban J connectivity index is 2.40. The monoisotopic (exact) mass is 278 g/mol. The molecule has 5 nitrogen and oxygen atoms in total. The standard InChI is InChI=1S/C15H22N2O3/c1-10-6-11(2)8-13(7-10)9-12(3)17-15(20)16-5-4-14(18)19/h6-8,12H,4-5,9H2,1-3H3,(H,18,19)(H2,16,17,20). The molecule has 2 amide bonds. The van der Waals surface area contributed by atoms with Crippen LogP contribution in [0, 0.1) is 13.8 Å². The second kappa shape index (κ2) is 7.53. The van der Waals surface area contributed by atoms with Gasteiger partial charge in [-0.2, -0.15) is 0 Å². The van der Waals surface area contributed by atoms with Gasteiger partial charge in [0, 0.05) is 12.6 Å². The van der Waals surface area contributed by atoms with Gasteiger partial charge in [0.1, 0.15) is 0 Å². The number of amides is 2. The highest BCUT2D eigenvalue weighted by Gasteiger charge is 2.08. The summed E-state index contributed by atoms with van der Waals surface area (Å²) in [5, 5.41) is 13.8. The zero-order valence-corrected chi connectivity index (χ0v) is 12.2. The third-order valence-corrected chi connectivity index (χ3v) is 2.83. The van der Waals surface area contributed by atoms with Crippen molar-refractivity contribution in [3.05, 3.63) is 34.9 Å². The molecule has 0 spiro atoms. The molecular weight excluding hydrogens is 256 g/mol. The summed E-state index contributed by atoms with van der Waals surface area (Å²) in [5.74, 6) is -0.923. The smallest absolute Gasteiger partial charge is 0.315 e. The molecule has 1 aromatic rings. The molecule has 0 saturated heterocycles. The molecule has 1 rings (SSSR count). The predicted octanol–water partition coefficient (Wildman–Crippen LogP) is 2.01. The van der Waals surface area contributed by atoms with Crippen LogP contribution in [0.15, 0.2) is 18.2 Å². The number of hydrogen-bond donors (Lipinski definition) is 3. The zero-order chi connectivity index (χ0) is 15.1. The average molecular weight is 278 g/mol. The lowest BCUT2D eigenvalue weighted by Gasteiger charge is -2.15. The van der Waals surface area contributed by atoms with Crippen LogP contribution < -0.4 is 10.6 Å². The van der Waals surface area contributed by atoms with Gasteiger partial charge in [-0.05, 0) is 32.8 Å². The number of aryl methyl sites for hydroxylation is 2. The average Bonchev–Trinajstić information content (AvgIpc) is 2.25. The summed E-state index contributed by atoms with van der Waals surface area (Å²) < 4.78 is 0. The molecule has 0 aromatic heterocycles. The lowest BCUT2D eigenvalue weighted by molar-refractivity contribution is -0.136. The van der Waals surface area contributed by atoms with E-state index >= 15 is 0 Å². The second-order valence-electron chi connectivity index (χ2n) is 5.15. The first-order valence-corrected chi connectivity index (χ1v) is 6.70. The van der Waals surface area contributed by atoms with Crippen LogP contribution in [-0.2, 0) is 11.2 Å². The molecule has 0 aliphatic carbocycles. The Labute approximate surface area is 119 Å². The maximum Gasteiger partial charge on any atom is 0.315 e. The fourth-order valence-corrected chi connectivity index (χ4v) is 2.15. The third kappa shape index (κ3) is 6.22. The van der Waals surface area contributed by atoms with Gasteiger partial charge < -0.3 is 15.7 Å². The van der Waals surface area contributed by atoms with E-state index in [1.807, 2.05) is 20.8 Å². The van der Waals surface area contributed by atoms with Gasteiger partial charge in [0.25, 0.3) is 0 Å². The topological polar surface area (TPSA) is 78.4 Å². The molecule has 20 heavy (non-hydrogen) atoms. The Bertz CT molecular complexity index is 466. The highest BCUT2D eigenvalue weighted by atomic mass is 16.4. The largest absolute Gasteiger partial charge is 0.481 e. The Morgan fingerprint density at radius 1 is 1.20 bits per heavy atom. The van der Waals surface area contributed by atoms with Gasteiger partial charge in [-0.3, -0.25) is 4.79 Å². The molecule has 1 atom stereocenters. The minimum atomic E-state index is -0.923. The molecule has 0 bridgehead atoms. The Hall–Kier alpha value is -2.04. The number of carbonyl (C=O) groups excluding carboxylic acids is 1. The molecular formula is C15H22N2O3. The maximum absolute atomic E-state index is 11.5. The Kier molecular flexibility index (Phi) is 6.03. The van der Waals surface area contributed by atoms with Crippen LogP contribution in [-0.4, -0.2) is 29.7 Å². The van der Waals surface area contributed by atoms with E-state index in [1.165, 1.54) is 16.7 Å². The summed E-state index contributed by atoms with van der Waals surface area (Å²) in [6.07, 6.45) is 0.674. The molecule has 1 unspecified atom stereocenters. The number of urea groups is 1. The highest BCUT2D eigenvalue weighted by molar-refractivity contribution is 5.75. The molecule has 0 radical (unpaired) electrons. The van der Waals surface area contributed by atoms with E-state index in [4.69, 9.17) is 5.11 Å². The van der Waals surface area contributed by atoms with Gasteiger partial charge in [-0.25, -0.2) is 4.79 Å². The van der Waals surface area contributed by atoms with Crippen molar-refractivity contribution in [2.24, 2.45) is 0 Å². The van der Waals surface area contributed by atoms with E-state index in [0.29, 0.717) is 0 Å². The van der Waals surface area contributed by atoms with Crippen LogP contribution in [0.25, 0.3) is 0 Å². The predicted molar refractivity (Wildman–Crippen MR) is 77.9 cm³/mol. The van der Waals surface area contributed by atoms with Crippen LogP contribution in [0.2, 0.25) is 0 Å². The van der Waals surface area contributed by atoms with Crippen molar-refractivity contribution in [3.8, 4) is 0 Å². The highest BCUT2D eigenvalue weighted by Crippen LogP contribution is 2.10. The maximum atomic E-state index is 11.5. The summed E-state index contributed by atoms with van der Waals surface area (Å²) in [6.45, 7) is 6.16. The minimum absolute atomic E-state index is 0.0129. The van der Waals surface area contributed by atoms with Crippen LogP contribution >= 0.6 is 0 Å². The van der Waals surface area contributed by atoms with E-state index in [0.717, 1.165) is 6.42 Å². The van der Waals surface area contributed by atoms with Crippen LogP contribution in [0.1, 0.15) is 30.0 Å². The molecule has 0 fully saturated rings. The molecule has 0 saturated carbocycles. The first kappa shape index (κ1) is 16.0. The quantitative estimate of drug-likeness (QED) is 0.744. The normalized spacial score (nSPS) is 11.8. The summed E-state index contributed by atoms with van der Waals surface area (Å²) >= 11 is 0. The molecule has 3 N–H and O–H groups in total.